The van der Waals surface area contributed by atoms with Crippen LogP contribution in [0.25, 0.3) is 0 Å². The molecule has 0 amide bonds. The monoisotopic (exact) mass is 204 g/mol. The molecule has 1 heterocycles. The minimum absolute atomic E-state index is 0.350. The first-order valence-electron chi connectivity index (χ1n) is 4.14. The van der Waals surface area contributed by atoms with E-state index in [-0.39, 0.29) is 0 Å². The molecular formula is C8H13O4P. The summed E-state index contributed by atoms with van der Waals surface area (Å²) in [4.78, 5) is 0. The van der Waals surface area contributed by atoms with Gasteiger partial charge in [-0.1, -0.05) is 0 Å². The molecule has 1 aromatic rings. The predicted molar refractivity (Wildman–Crippen MR) is 49.2 cm³/mol. The highest BCUT2D eigenvalue weighted by Gasteiger charge is 2.27. The van der Waals surface area contributed by atoms with Gasteiger partial charge in [-0.15, -0.1) is 0 Å². The van der Waals surface area contributed by atoms with E-state index in [1.165, 1.54) is 12.5 Å². The van der Waals surface area contributed by atoms with Crippen molar-refractivity contribution in [3.63, 3.8) is 0 Å². The summed E-state index contributed by atoms with van der Waals surface area (Å²) >= 11 is 0. The average Bonchev–Trinajstić information content (AvgIpc) is 2.57. The number of hydrogen-bond donors (Lipinski definition) is 0. The lowest BCUT2D eigenvalue weighted by Gasteiger charge is -2.14. The average molecular weight is 204 g/mol. The summed E-state index contributed by atoms with van der Waals surface area (Å²) in [6.07, 6.45) is 2.83. The lowest BCUT2D eigenvalue weighted by molar-refractivity contribution is 0.230. The third-order valence-electron chi connectivity index (χ3n) is 1.42. The fraction of sp³-hybridized carbons (Fsp3) is 0.500. The minimum atomic E-state index is -3.12. The second-order valence-electron chi connectivity index (χ2n) is 2.31. The molecule has 0 aromatic carbocycles. The number of furan rings is 1. The zero-order valence-electron chi connectivity index (χ0n) is 7.73. The first-order valence-corrected chi connectivity index (χ1v) is 5.69. The Balaban J connectivity index is 2.85. The first kappa shape index (κ1) is 10.5. The van der Waals surface area contributed by atoms with E-state index in [9.17, 15) is 4.57 Å². The Morgan fingerprint density at radius 1 is 1.38 bits per heavy atom. The van der Waals surface area contributed by atoms with Gasteiger partial charge in [-0.2, -0.15) is 0 Å². The molecule has 0 aliphatic carbocycles. The highest BCUT2D eigenvalue weighted by atomic mass is 31.2. The Morgan fingerprint density at radius 3 is 2.38 bits per heavy atom. The Bertz CT molecular complexity index is 270. The lowest BCUT2D eigenvalue weighted by Crippen LogP contribution is -2.07. The van der Waals surface area contributed by atoms with Gasteiger partial charge in [0.2, 0.25) is 0 Å². The third kappa shape index (κ3) is 2.44. The second-order valence-corrected chi connectivity index (χ2v) is 4.34. The van der Waals surface area contributed by atoms with Crippen molar-refractivity contribution in [1.29, 1.82) is 0 Å². The summed E-state index contributed by atoms with van der Waals surface area (Å²) in [5.41, 5.74) is 0. The summed E-state index contributed by atoms with van der Waals surface area (Å²) in [5, 5.41) is 0.469. The van der Waals surface area contributed by atoms with E-state index >= 15 is 0 Å². The maximum atomic E-state index is 12.0. The molecule has 74 valence electrons. The van der Waals surface area contributed by atoms with Crippen LogP contribution in [-0.4, -0.2) is 13.2 Å². The topological polar surface area (TPSA) is 48.7 Å². The molecule has 0 unspecified atom stereocenters. The molecule has 0 aliphatic rings. The van der Waals surface area contributed by atoms with E-state index in [4.69, 9.17) is 13.5 Å². The van der Waals surface area contributed by atoms with Gasteiger partial charge >= 0.3 is 7.60 Å². The molecule has 13 heavy (non-hydrogen) atoms. The molecule has 0 N–H and O–H groups in total. The molecule has 1 rings (SSSR count). The molecule has 0 bridgehead atoms. The van der Waals surface area contributed by atoms with Crippen molar-refractivity contribution < 1.29 is 18.0 Å². The zero-order valence-corrected chi connectivity index (χ0v) is 8.62. The van der Waals surface area contributed by atoms with Gasteiger partial charge < -0.3 is 13.5 Å². The minimum Gasteiger partial charge on any atom is -0.472 e. The van der Waals surface area contributed by atoms with Crippen molar-refractivity contribution in [3.8, 4) is 0 Å². The Kier molecular flexibility index (Phi) is 3.72. The van der Waals surface area contributed by atoms with E-state index < -0.39 is 7.60 Å². The third-order valence-corrected chi connectivity index (χ3v) is 3.50. The van der Waals surface area contributed by atoms with Crippen LogP contribution in [0.5, 0.6) is 0 Å². The molecule has 0 fully saturated rings. The van der Waals surface area contributed by atoms with E-state index in [1.807, 2.05) is 0 Å². The molecule has 1 aromatic heterocycles. The van der Waals surface area contributed by atoms with Gasteiger partial charge in [0.25, 0.3) is 0 Å². The fourth-order valence-corrected chi connectivity index (χ4v) is 2.43. The fourth-order valence-electron chi connectivity index (χ4n) is 0.939. The van der Waals surface area contributed by atoms with Crippen LogP contribution in [0.2, 0.25) is 0 Å². The highest BCUT2D eigenvalue weighted by Crippen LogP contribution is 2.46. The van der Waals surface area contributed by atoms with Gasteiger partial charge in [0.1, 0.15) is 11.6 Å². The normalized spacial score (nSPS) is 11.8. The van der Waals surface area contributed by atoms with E-state index in [2.05, 4.69) is 0 Å². The van der Waals surface area contributed by atoms with Gasteiger partial charge in [-0.05, 0) is 19.9 Å². The van der Waals surface area contributed by atoms with Crippen LogP contribution >= 0.6 is 7.60 Å². The van der Waals surface area contributed by atoms with Crippen molar-refractivity contribution in [2.75, 3.05) is 13.2 Å². The molecular weight excluding hydrogens is 191 g/mol. The van der Waals surface area contributed by atoms with Gasteiger partial charge in [0.05, 0.1) is 19.5 Å². The largest absolute Gasteiger partial charge is 0.472 e. The van der Waals surface area contributed by atoms with Crippen LogP contribution in [0.3, 0.4) is 0 Å². The number of hydrogen-bond acceptors (Lipinski definition) is 4. The van der Waals surface area contributed by atoms with Crippen LogP contribution in [0.4, 0.5) is 0 Å². The van der Waals surface area contributed by atoms with Crippen molar-refractivity contribution in [2.45, 2.75) is 13.8 Å². The summed E-state index contributed by atoms with van der Waals surface area (Å²) in [5.74, 6) is 0. The van der Waals surface area contributed by atoms with Crippen molar-refractivity contribution in [2.24, 2.45) is 0 Å². The molecule has 0 atom stereocenters. The Morgan fingerprint density at radius 2 is 2.00 bits per heavy atom. The smallest absolute Gasteiger partial charge is 0.364 e. The van der Waals surface area contributed by atoms with E-state index in [1.54, 1.807) is 19.9 Å². The standard InChI is InChI=1S/C8H13O4P/c1-3-11-13(9,12-4-2)8-5-6-10-7-8/h5-7H,3-4H2,1-2H3. The maximum absolute atomic E-state index is 12.0. The second kappa shape index (κ2) is 4.61. The molecule has 0 saturated carbocycles. The van der Waals surface area contributed by atoms with E-state index in [0.717, 1.165) is 0 Å². The lowest BCUT2D eigenvalue weighted by atomic mass is 10.7. The van der Waals surface area contributed by atoms with Crippen LogP contribution in [0, 0.1) is 0 Å². The molecule has 0 saturated heterocycles. The maximum Gasteiger partial charge on any atom is 0.364 e. The number of rotatable bonds is 5. The quantitative estimate of drug-likeness (QED) is 0.689. The van der Waals surface area contributed by atoms with Gasteiger partial charge in [0, 0.05) is 0 Å². The molecule has 0 radical (unpaired) electrons. The van der Waals surface area contributed by atoms with Gasteiger partial charge in [-0.3, -0.25) is 4.57 Å². The zero-order chi connectivity index (χ0) is 9.73. The molecule has 5 heteroatoms. The van der Waals surface area contributed by atoms with Crippen LogP contribution in [0.1, 0.15) is 13.8 Å². The SMILES string of the molecule is CCOP(=O)(OCC)c1ccoc1. The predicted octanol–water partition coefficient (Wildman–Crippen LogP) is 2.17. The van der Waals surface area contributed by atoms with Crippen LogP contribution in [-0.2, 0) is 13.6 Å². The summed E-state index contributed by atoms with van der Waals surface area (Å²) in [6.45, 7) is 4.24. The van der Waals surface area contributed by atoms with Crippen LogP contribution < -0.4 is 5.30 Å². The summed E-state index contributed by atoms with van der Waals surface area (Å²) in [6, 6.07) is 1.59. The summed E-state index contributed by atoms with van der Waals surface area (Å²) < 4.78 is 27.0. The van der Waals surface area contributed by atoms with Gasteiger partial charge in [0.15, 0.2) is 0 Å². The Labute approximate surface area is 77.4 Å². The van der Waals surface area contributed by atoms with Crippen molar-refractivity contribution in [1.82, 2.24) is 0 Å². The molecule has 0 aliphatic heterocycles. The van der Waals surface area contributed by atoms with E-state index in [0.29, 0.717) is 18.5 Å². The Hall–Kier alpha value is -0.570. The molecule has 4 nitrogen and oxygen atoms in total. The van der Waals surface area contributed by atoms with Gasteiger partial charge in [-0.25, -0.2) is 0 Å². The highest BCUT2D eigenvalue weighted by molar-refractivity contribution is 7.62. The summed E-state index contributed by atoms with van der Waals surface area (Å²) in [7, 11) is -3.12. The van der Waals surface area contributed by atoms with Crippen LogP contribution in [0.15, 0.2) is 23.0 Å². The van der Waals surface area contributed by atoms with Crippen molar-refractivity contribution in [3.05, 3.63) is 18.6 Å². The first-order chi connectivity index (χ1) is 6.23. The molecule has 0 spiro atoms. The van der Waals surface area contributed by atoms with Crippen molar-refractivity contribution >= 4 is 12.9 Å².